The number of nitrogens with one attached hydrogen (secondary N) is 1. The fourth-order valence-corrected chi connectivity index (χ4v) is 1.35. The van der Waals surface area contributed by atoms with Gasteiger partial charge in [-0.25, -0.2) is 4.79 Å². The zero-order valence-corrected chi connectivity index (χ0v) is 10.3. The molecule has 0 aliphatic carbocycles. The summed E-state index contributed by atoms with van der Waals surface area (Å²) < 4.78 is 4.76. The van der Waals surface area contributed by atoms with Crippen LogP contribution < -0.4 is 5.32 Å². The summed E-state index contributed by atoms with van der Waals surface area (Å²) in [7, 11) is 0. The quantitative estimate of drug-likeness (QED) is 0.828. The van der Waals surface area contributed by atoms with Crippen LogP contribution in [-0.2, 0) is 4.79 Å². The highest BCUT2D eigenvalue weighted by Crippen LogP contribution is 2.20. The van der Waals surface area contributed by atoms with Crippen LogP contribution in [0.5, 0.6) is 0 Å². The molecule has 1 rings (SSSR count). The SMILES string of the molecule is Cc1cnoc1C(=O)N[C@H](C(=O)O)C(C)(C)C. The van der Waals surface area contributed by atoms with Crippen LogP contribution in [0.4, 0.5) is 0 Å². The number of carbonyl (C=O) groups is 2. The highest BCUT2D eigenvalue weighted by Gasteiger charge is 2.33. The average Bonchev–Trinajstić information content (AvgIpc) is 2.58. The van der Waals surface area contributed by atoms with Gasteiger partial charge in [0.15, 0.2) is 0 Å². The van der Waals surface area contributed by atoms with Crippen molar-refractivity contribution in [1.29, 1.82) is 0 Å². The van der Waals surface area contributed by atoms with Crippen molar-refractivity contribution in [2.45, 2.75) is 33.7 Å². The maximum absolute atomic E-state index is 11.8. The van der Waals surface area contributed by atoms with Crippen molar-refractivity contribution >= 4 is 11.9 Å². The van der Waals surface area contributed by atoms with Crippen molar-refractivity contribution in [3.05, 3.63) is 17.5 Å². The van der Waals surface area contributed by atoms with Crippen molar-refractivity contribution in [2.75, 3.05) is 0 Å². The molecule has 94 valence electrons. The second kappa shape index (κ2) is 4.57. The third-order valence-corrected chi connectivity index (χ3v) is 2.34. The fraction of sp³-hybridized carbons (Fsp3) is 0.545. The third kappa shape index (κ3) is 3.05. The molecule has 0 radical (unpaired) electrons. The molecule has 17 heavy (non-hydrogen) atoms. The maximum atomic E-state index is 11.8. The first-order chi connectivity index (χ1) is 7.73. The van der Waals surface area contributed by atoms with Gasteiger partial charge in [-0.05, 0) is 12.3 Å². The summed E-state index contributed by atoms with van der Waals surface area (Å²) in [5.41, 5.74) is -0.0179. The molecule has 0 aromatic carbocycles. The Hall–Kier alpha value is -1.85. The Morgan fingerprint density at radius 3 is 2.41 bits per heavy atom. The van der Waals surface area contributed by atoms with E-state index >= 15 is 0 Å². The summed E-state index contributed by atoms with van der Waals surface area (Å²) in [6.45, 7) is 6.87. The standard InChI is InChI=1S/C11H16N2O4/c1-6-5-12-17-7(6)9(14)13-8(10(15)16)11(2,3)4/h5,8H,1-4H3,(H,13,14)(H,15,16)/t8-/m1/s1. The molecule has 0 aliphatic heterocycles. The number of carboxylic acids is 1. The molecule has 0 fully saturated rings. The Bertz CT molecular complexity index is 431. The van der Waals surface area contributed by atoms with E-state index in [0.717, 1.165) is 0 Å². The summed E-state index contributed by atoms with van der Waals surface area (Å²) in [5.74, 6) is -1.61. The van der Waals surface area contributed by atoms with Gasteiger partial charge in [-0.2, -0.15) is 0 Å². The molecule has 1 aromatic rings. The number of aromatic nitrogens is 1. The first-order valence-corrected chi connectivity index (χ1v) is 5.18. The molecule has 0 saturated carbocycles. The number of aliphatic carboxylic acids is 1. The predicted molar refractivity (Wildman–Crippen MR) is 59.6 cm³/mol. The van der Waals surface area contributed by atoms with Crippen LogP contribution in [0.1, 0.15) is 36.9 Å². The van der Waals surface area contributed by atoms with E-state index in [4.69, 9.17) is 9.63 Å². The highest BCUT2D eigenvalue weighted by atomic mass is 16.5. The molecule has 1 aromatic heterocycles. The highest BCUT2D eigenvalue weighted by molar-refractivity contribution is 5.95. The van der Waals surface area contributed by atoms with Crippen LogP contribution in [0.25, 0.3) is 0 Å². The van der Waals surface area contributed by atoms with Crippen LogP contribution >= 0.6 is 0 Å². The monoisotopic (exact) mass is 240 g/mol. The van der Waals surface area contributed by atoms with E-state index in [0.29, 0.717) is 5.56 Å². The molecule has 6 nitrogen and oxygen atoms in total. The van der Waals surface area contributed by atoms with Crippen molar-refractivity contribution in [1.82, 2.24) is 10.5 Å². The second-order valence-electron chi connectivity index (χ2n) is 4.95. The molecule has 0 unspecified atom stereocenters. The normalized spacial score (nSPS) is 13.2. The Morgan fingerprint density at radius 2 is 2.06 bits per heavy atom. The lowest BCUT2D eigenvalue weighted by atomic mass is 9.86. The largest absolute Gasteiger partial charge is 0.480 e. The number of hydrogen-bond donors (Lipinski definition) is 2. The second-order valence-corrected chi connectivity index (χ2v) is 4.95. The van der Waals surface area contributed by atoms with E-state index in [9.17, 15) is 9.59 Å². The van der Waals surface area contributed by atoms with Gasteiger partial charge in [-0.15, -0.1) is 0 Å². The third-order valence-electron chi connectivity index (χ3n) is 2.34. The average molecular weight is 240 g/mol. The molecule has 1 atom stereocenters. The molecule has 1 heterocycles. The van der Waals surface area contributed by atoms with Gasteiger partial charge in [-0.1, -0.05) is 25.9 Å². The predicted octanol–water partition coefficient (Wildman–Crippen LogP) is 1.21. The fourth-order valence-electron chi connectivity index (χ4n) is 1.35. The molecule has 0 bridgehead atoms. The number of aryl methyl sites for hydroxylation is 1. The summed E-state index contributed by atoms with van der Waals surface area (Å²) in [4.78, 5) is 22.9. The number of hydrogen-bond acceptors (Lipinski definition) is 4. The van der Waals surface area contributed by atoms with Gasteiger partial charge in [0, 0.05) is 5.56 Å². The van der Waals surface area contributed by atoms with E-state index in [1.165, 1.54) is 6.20 Å². The topological polar surface area (TPSA) is 92.4 Å². The van der Waals surface area contributed by atoms with Crippen molar-refractivity contribution in [2.24, 2.45) is 5.41 Å². The number of amides is 1. The van der Waals surface area contributed by atoms with E-state index < -0.39 is 23.3 Å². The maximum Gasteiger partial charge on any atom is 0.326 e. The van der Waals surface area contributed by atoms with Gasteiger partial charge in [0.05, 0.1) is 6.20 Å². The summed E-state index contributed by atoms with van der Waals surface area (Å²) >= 11 is 0. The van der Waals surface area contributed by atoms with Crippen LogP contribution in [0.15, 0.2) is 10.7 Å². The van der Waals surface area contributed by atoms with Crippen molar-refractivity contribution in [3.8, 4) is 0 Å². The molecular formula is C11H16N2O4. The van der Waals surface area contributed by atoms with Crippen molar-refractivity contribution < 1.29 is 19.2 Å². The van der Waals surface area contributed by atoms with Gasteiger partial charge in [0.25, 0.3) is 5.91 Å². The van der Waals surface area contributed by atoms with Gasteiger partial charge < -0.3 is 14.9 Å². The Balaban J connectivity index is 2.86. The minimum Gasteiger partial charge on any atom is -0.480 e. The van der Waals surface area contributed by atoms with Crippen LogP contribution in [-0.4, -0.2) is 28.2 Å². The van der Waals surface area contributed by atoms with E-state index in [1.807, 2.05) is 0 Å². The Kier molecular flexibility index (Phi) is 3.55. The summed E-state index contributed by atoms with van der Waals surface area (Å²) in [5, 5.41) is 15.0. The smallest absolute Gasteiger partial charge is 0.326 e. The lowest BCUT2D eigenvalue weighted by molar-refractivity contribution is -0.142. The van der Waals surface area contributed by atoms with E-state index in [2.05, 4.69) is 10.5 Å². The lowest BCUT2D eigenvalue weighted by Crippen LogP contribution is -2.49. The lowest BCUT2D eigenvalue weighted by Gasteiger charge is -2.27. The molecule has 0 saturated heterocycles. The van der Waals surface area contributed by atoms with E-state index in [1.54, 1.807) is 27.7 Å². The molecule has 2 N–H and O–H groups in total. The molecule has 1 amide bonds. The van der Waals surface area contributed by atoms with Gasteiger partial charge >= 0.3 is 5.97 Å². The number of carboxylic acid groups (broad SMARTS) is 1. The number of carbonyl (C=O) groups excluding carboxylic acids is 1. The van der Waals surface area contributed by atoms with Crippen molar-refractivity contribution in [3.63, 3.8) is 0 Å². The zero-order chi connectivity index (χ0) is 13.2. The minimum absolute atomic E-state index is 0.0421. The first-order valence-electron chi connectivity index (χ1n) is 5.18. The van der Waals surface area contributed by atoms with Crippen LogP contribution in [0.3, 0.4) is 0 Å². The Morgan fingerprint density at radius 1 is 1.47 bits per heavy atom. The van der Waals surface area contributed by atoms with Gasteiger partial charge in [-0.3, -0.25) is 4.79 Å². The molecule has 0 spiro atoms. The first kappa shape index (κ1) is 13.2. The molecule has 6 heteroatoms. The minimum atomic E-state index is -1.08. The number of rotatable bonds is 3. The summed E-state index contributed by atoms with van der Waals surface area (Å²) in [6.07, 6.45) is 1.40. The van der Waals surface area contributed by atoms with Crippen LogP contribution in [0.2, 0.25) is 0 Å². The summed E-state index contributed by atoms with van der Waals surface area (Å²) in [6, 6.07) is -0.987. The van der Waals surface area contributed by atoms with Gasteiger partial charge in [0.2, 0.25) is 5.76 Å². The molecular weight excluding hydrogens is 224 g/mol. The van der Waals surface area contributed by atoms with Crippen LogP contribution in [0, 0.1) is 12.3 Å². The number of nitrogens with zero attached hydrogens (tertiary/aromatic N) is 1. The molecule has 0 aliphatic rings. The van der Waals surface area contributed by atoms with E-state index in [-0.39, 0.29) is 5.76 Å². The van der Waals surface area contributed by atoms with Gasteiger partial charge in [0.1, 0.15) is 6.04 Å². The zero-order valence-electron chi connectivity index (χ0n) is 10.3. The Labute approximate surface area is 99.0 Å².